The Morgan fingerprint density at radius 3 is 2.89 bits per heavy atom. The van der Waals surface area contributed by atoms with E-state index in [0.29, 0.717) is 28.8 Å². The number of para-hydroxylation sites is 1. The molecule has 0 radical (unpaired) electrons. The van der Waals surface area contributed by atoms with Crippen LogP contribution in [0.3, 0.4) is 0 Å². The zero-order valence-electron chi connectivity index (χ0n) is 15.8. The van der Waals surface area contributed by atoms with Gasteiger partial charge in [-0.15, -0.1) is 0 Å². The minimum absolute atomic E-state index is 0.0334. The minimum Gasteiger partial charge on any atom is -0.454 e. The number of aryl methyl sites for hydroxylation is 1. The number of aromatic nitrogens is 1. The molecule has 2 aromatic carbocycles. The van der Waals surface area contributed by atoms with Crippen molar-refractivity contribution in [3.63, 3.8) is 0 Å². The zero-order valence-corrected chi connectivity index (χ0v) is 15.8. The van der Waals surface area contributed by atoms with Crippen LogP contribution in [-0.2, 0) is 17.6 Å². The van der Waals surface area contributed by atoms with Gasteiger partial charge in [0.1, 0.15) is 5.76 Å². The lowest BCUT2D eigenvalue weighted by molar-refractivity contribution is -0.118. The molecule has 1 unspecified atom stereocenters. The van der Waals surface area contributed by atoms with E-state index < -0.39 is 0 Å². The van der Waals surface area contributed by atoms with E-state index in [2.05, 4.69) is 18.0 Å². The van der Waals surface area contributed by atoms with Gasteiger partial charge in [0.2, 0.25) is 18.6 Å². The van der Waals surface area contributed by atoms with Crippen LogP contribution >= 0.6 is 0 Å². The number of hydrogen-bond acceptors (Lipinski definition) is 5. The Morgan fingerprint density at radius 2 is 2.00 bits per heavy atom. The Hall–Kier alpha value is -3.28. The standard InChI is InChI=1S/C22H20N2O4/c1-13-9-15-5-3-4-6-18(15)24(13)21(25)11-17-14(2)28-22(23-17)16-7-8-19-20(10-16)27-12-26-19/h3-8,10,13H,9,11-12H2,1-2H3. The monoisotopic (exact) mass is 376 g/mol. The van der Waals surface area contributed by atoms with Crippen LogP contribution in [0.15, 0.2) is 46.9 Å². The average molecular weight is 376 g/mol. The quantitative estimate of drug-likeness (QED) is 0.694. The molecule has 6 heteroatoms. The third kappa shape index (κ3) is 2.72. The Balaban J connectivity index is 1.40. The average Bonchev–Trinajstić information content (AvgIpc) is 3.37. The van der Waals surface area contributed by atoms with Gasteiger partial charge in [0.15, 0.2) is 11.5 Å². The topological polar surface area (TPSA) is 64.8 Å². The predicted octanol–water partition coefficient (Wildman–Crippen LogP) is 3.90. The number of nitrogens with zero attached hydrogens (tertiary/aromatic N) is 2. The number of rotatable bonds is 3. The highest BCUT2D eigenvalue weighted by molar-refractivity contribution is 5.97. The van der Waals surface area contributed by atoms with Crippen LogP contribution in [0.1, 0.15) is 23.9 Å². The Labute approximate surface area is 162 Å². The van der Waals surface area contributed by atoms with Crippen molar-refractivity contribution in [2.24, 2.45) is 0 Å². The second kappa shape index (κ2) is 6.41. The number of ether oxygens (including phenoxy) is 2. The van der Waals surface area contributed by atoms with Crippen LogP contribution in [0.2, 0.25) is 0 Å². The summed E-state index contributed by atoms with van der Waals surface area (Å²) in [4.78, 5) is 19.5. The summed E-state index contributed by atoms with van der Waals surface area (Å²) in [5.41, 5.74) is 3.67. The number of carbonyl (C=O) groups is 1. The Kier molecular flexibility index (Phi) is 3.86. The van der Waals surface area contributed by atoms with Crippen molar-refractivity contribution in [1.82, 2.24) is 4.98 Å². The molecule has 0 fully saturated rings. The fourth-order valence-electron chi connectivity index (χ4n) is 3.92. The molecule has 0 bridgehead atoms. The molecule has 0 saturated heterocycles. The summed E-state index contributed by atoms with van der Waals surface area (Å²) in [6.45, 7) is 4.14. The number of carbonyl (C=O) groups excluding carboxylic acids is 1. The Morgan fingerprint density at radius 1 is 1.18 bits per heavy atom. The molecule has 0 N–H and O–H groups in total. The molecule has 2 aliphatic rings. The highest BCUT2D eigenvalue weighted by Gasteiger charge is 2.31. The first kappa shape index (κ1) is 16.9. The maximum atomic E-state index is 13.0. The molecule has 2 aliphatic heterocycles. The van der Waals surface area contributed by atoms with Crippen molar-refractivity contribution in [1.29, 1.82) is 0 Å². The first-order valence-electron chi connectivity index (χ1n) is 9.36. The van der Waals surface area contributed by atoms with Crippen molar-refractivity contribution in [3.05, 3.63) is 59.5 Å². The zero-order chi connectivity index (χ0) is 19.3. The van der Waals surface area contributed by atoms with Crippen LogP contribution in [0.25, 0.3) is 11.5 Å². The first-order chi connectivity index (χ1) is 13.6. The molecule has 1 atom stereocenters. The van der Waals surface area contributed by atoms with Gasteiger partial charge in [0, 0.05) is 17.3 Å². The van der Waals surface area contributed by atoms with Gasteiger partial charge in [-0.2, -0.15) is 0 Å². The SMILES string of the molecule is Cc1oc(-c2ccc3c(c2)OCO3)nc1CC(=O)N1c2ccccc2CC1C. The van der Waals surface area contributed by atoms with Crippen LogP contribution in [0.5, 0.6) is 11.5 Å². The van der Waals surface area contributed by atoms with Gasteiger partial charge < -0.3 is 18.8 Å². The molecular formula is C22H20N2O4. The molecule has 28 heavy (non-hydrogen) atoms. The molecule has 6 nitrogen and oxygen atoms in total. The second-order valence-electron chi connectivity index (χ2n) is 7.21. The number of anilines is 1. The van der Waals surface area contributed by atoms with Crippen molar-refractivity contribution in [2.75, 3.05) is 11.7 Å². The van der Waals surface area contributed by atoms with E-state index >= 15 is 0 Å². The van der Waals surface area contributed by atoms with Crippen molar-refractivity contribution >= 4 is 11.6 Å². The lowest BCUT2D eigenvalue weighted by Gasteiger charge is -2.22. The third-order valence-corrected chi connectivity index (χ3v) is 5.31. The van der Waals surface area contributed by atoms with Crippen molar-refractivity contribution in [3.8, 4) is 23.0 Å². The van der Waals surface area contributed by atoms with E-state index in [9.17, 15) is 4.79 Å². The Bertz CT molecular complexity index is 1070. The van der Waals surface area contributed by atoms with Gasteiger partial charge in [0.05, 0.1) is 12.1 Å². The number of benzene rings is 2. The lowest BCUT2D eigenvalue weighted by Crippen LogP contribution is -2.37. The van der Waals surface area contributed by atoms with Crippen LogP contribution in [0.4, 0.5) is 5.69 Å². The highest BCUT2D eigenvalue weighted by Crippen LogP contribution is 2.36. The normalized spacial score (nSPS) is 17.1. The van der Waals surface area contributed by atoms with E-state index in [1.807, 2.05) is 48.2 Å². The van der Waals surface area contributed by atoms with Gasteiger partial charge >= 0.3 is 0 Å². The van der Waals surface area contributed by atoms with Gasteiger partial charge in [-0.25, -0.2) is 4.98 Å². The number of amides is 1. The van der Waals surface area contributed by atoms with Crippen molar-refractivity contribution < 1.29 is 18.7 Å². The molecule has 142 valence electrons. The van der Waals surface area contributed by atoms with Crippen LogP contribution < -0.4 is 14.4 Å². The molecule has 1 aromatic heterocycles. The molecule has 3 heterocycles. The van der Waals surface area contributed by atoms with E-state index in [4.69, 9.17) is 13.9 Å². The van der Waals surface area contributed by atoms with Gasteiger partial charge in [-0.3, -0.25) is 4.79 Å². The predicted molar refractivity (Wildman–Crippen MR) is 104 cm³/mol. The summed E-state index contributed by atoms with van der Waals surface area (Å²) in [6.07, 6.45) is 1.08. The third-order valence-electron chi connectivity index (χ3n) is 5.31. The van der Waals surface area contributed by atoms with Crippen molar-refractivity contribution in [2.45, 2.75) is 32.7 Å². The van der Waals surface area contributed by atoms with Crippen LogP contribution in [-0.4, -0.2) is 23.7 Å². The van der Waals surface area contributed by atoms with Crippen LogP contribution in [0, 0.1) is 6.92 Å². The minimum atomic E-state index is 0.0334. The highest BCUT2D eigenvalue weighted by atomic mass is 16.7. The molecule has 0 aliphatic carbocycles. The summed E-state index contributed by atoms with van der Waals surface area (Å²) in [5, 5.41) is 0. The molecule has 0 spiro atoms. The number of fused-ring (bicyclic) bond motifs is 2. The molecular weight excluding hydrogens is 356 g/mol. The summed E-state index contributed by atoms with van der Waals surface area (Å²) in [6, 6.07) is 13.8. The fraction of sp³-hybridized carbons (Fsp3) is 0.273. The van der Waals surface area contributed by atoms with Gasteiger partial charge in [-0.05, 0) is 50.1 Å². The summed E-state index contributed by atoms with van der Waals surface area (Å²) < 4.78 is 16.6. The van der Waals surface area contributed by atoms with Gasteiger partial charge in [-0.1, -0.05) is 18.2 Å². The smallest absolute Gasteiger partial charge is 0.233 e. The van der Waals surface area contributed by atoms with E-state index in [1.165, 1.54) is 5.56 Å². The number of oxazole rings is 1. The maximum Gasteiger partial charge on any atom is 0.233 e. The molecule has 5 rings (SSSR count). The molecule has 0 saturated carbocycles. The second-order valence-corrected chi connectivity index (χ2v) is 7.21. The number of hydrogen-bond donors (Lipinski definition) is 0. The molecule has 3 aromatic rings. The maximum absolute atomic E-state index is 13.0. The molecule has 1 amide bonds. The lowest BCUT2D eigenvalue weighted by atomic mass is 10.1. The van der Waals surface area contributed by atoms with E-state index in [0.717, 1.165) is 17.7 Å². The summed E-state index contributed by atoms with van der Waals surface area (Å²) in [7, 11) is 0. The van der Waals surface area contributed by atoms with E-state index in [1.54, 1.807) is 0 Å². The van der Waals surface area contributed by atoms with E-state index in [-0.39, 0.29) is 25.2 Å². The van der Waals surface area contributed by atoms with Gasteiger partial charge in [0.25, 0.3) is 0 Å². The fourth-order valence-corrected chi connectivity index (χ4v) is 3.92. The largest absolute Gasteiger partial charge is 0.454 e. The first-order valence-corrected chi connectivity index (χ1v) is 9.36. The summed E-state index contributed by atoms with van der Waals surface area (Å²) >= 11 is 0. The summed E-state index contributed by atoms with van der Waals surface area (Å²) in [5.74, 6) is 2.55.